The van der Waals surface area contributed by atoms with Gasteiger partial charge in [-0.3, -0.25) is 0 Å². The van der Waals surface area contributed by atoms with Crippen molar-refractivity contribution in [2.45, 2.75) is 19.9 Å². The summed E-state index contributed by atoms with van der Waals surface area (Å²) in [5, 5.41) is 8.21. The van der Waals surface area contributed by atoms with E-state index in [0.29, 0.717) is 0 Å². The van der Waals surface area contributed by atoms with Gasteiger partial charge in [-0.15, -0.1) is 0 Å². The van der Waals surface area contributed by atoms with Crippen LogP contribution in [0.3, 0.4) is 0 Å². The molecule has 0 spiro atoms. The zero-order valence-electron chi connectivity index (χ0n) is 16.9. The summed E-state index contributed by atoms with van der Waals surface area (Å²) < 4.78 is 2.53. The number of rotatable bonds is 1. The number of aryl methyl sites for hydroxylation is 1. The maximum atomic E-state index is 2.53. The van der Waals surface area contributed by atoms with Crippen LogP contribution in [0, 0.1) is 0 Å². The average molecular weight is 383 g/mol. The molecule has 0 saturated heterocycles. The lowest BCUT2D eigenvalue weighted by Crippen LogP contribution is -1.95. The van der Waals surface area contributed by atoms with E-state index in [0.717, 1.165) is 13.0 Å². The minimum absolute atomic E-state index is 0.961. The van der Waals surface area contributed by atoms with E-state index in [-0.39, 0.29) is 0 Å². The fourth-order valence-corrected chi connectivity index (χ4v) is 5.72. The van der Waals surface area contributed by atoms with Crippen LogP contribution in [0.1, 0.15) is 18.1 Å². The molecule has 0 unspecified atom stereocenters. The molecule has 6 aromatic rings. The highest BCUT2D eigenvalue weighted by Crippen LogP contribution is 2.49. The number of aromatic nitrogens is 1. The average Bonchev–Trinajstić information content (AvgIpc) is 3.33. The Morgan fingerprint density at radius 1 is 0.733 bits per heavy atom. The van der Waals surface area contributed by atoms with E-state index in [9.17, 15) is 0 Å². The molecule has 0 fully saturated rings. The normalized spacial score (nSPS) is 12.8. The molecule has 1 heterocycles. The SMILES string of the molecule is CCn1c2cc3ccccc3cc2c2c3c(c4ccccc4c21)Cc1ccccc1-3. The van der Waals surface area contributed by atoms with Crippen LogP contribution in [0.25, 0.3) is 54.5 Å². The number of benzene rings is 5. The minimum Gasteiger partial charge on any atom is -0.340 e. The van der Waals surface area contributed by atoms with Crippen LogP contribution in [-0.2, 0) is 13.0 Å². The summed E-state index contributed by atoms with van der Waals surface area (Å²) in [5.41, 5.74) is 8.52. The predicted molar refractivity (Wildman–Crippen MR) is 128 cm³/mol. The third kappa shape index (κ3) is 1.92. The lowest BCUT2D eigenvalue weighted by molar-refractivity contribution is 0.830. The molecule has 0 bridgehead atoms. The first-order valence-electron chi connectivity index (χ1n) is 10.8. The molecule has 1 nitrogen and oxygen atoms in total. The molecule has 142 valence electrons. The molecule has 0 N–H and O–H groups in total. The maximum absolute atomic E-state index is 2.53. The zero-order valence-corrected chi connectivity index (χ0v) is 16.9. The van der Waals surface area contributed by atoms with Crippen molar-refractivity contribution in [1.82, 2.24) is 4.57 Å². The second kappa shape index (κ2) is 5.73. The Morgan fingerprint density at radius 2 is 1.43 bits per heavy atom. The molecule has 7 rings (SSSR count). The molecule has 1 heteroatoms. The molecule has 5 aromatic carbocycles. The lowest BCUT2D eigenvalue weighted by Gasteiger charge is -2.12. The van der Waals surface area contributed by atoms with Crippen LogP contribution in [0.5, 0.6) is 0 Å². The van der Waals surface area contributed by atoms with Crippen LogP contribution in [0.2, 0.25) is 0 Å². The molecule has 1 aromatic heterocycles. The van der Waals surface area contributed by atoms with Gasteiger partial charge in [0.25, 0.3) is 0 Å². The van der Waals surface area contributed by atoms with E-state index < -0.39 is 0 Å². The molecular formula is C29H21N. The van der Waals surface area contributed by atoms with Gasteiger partial charge < -0.3 is 4.57 Å². The van der Waals surface area contributed by atoms with Crippen molar-refractivity contribution >= 4 is 43.4 Å². The number of hydrogen-bond donors (Lipinski definition) is 0. The lowest BCUT2D eigenvalue weighted by atomic mass is 9.93. The van der Waals surface area contributed by atoms with Gasteiger partial charge >= 0.3 is 0 Å². The van der Waals surface area contributed by atoms with Gasteiger partial charge in [0, 0.05) is 28.2 Å². The first kappa shape index (κ1) is 16.2. The van der Waals surface area contributed by atoms with Crippen molar-refractivity contribution < 1.29 is 0 Å². The van der Waals surface area contributed by atoms with Crippen molar-refractivity contribution in [2.75, 3.05) is 0 Å². The van der Waals surface area contributed by atoms with E-state index in [1.54, 1.807) is 0 Å². The highest BCUT2D eigenvalue weighted by Gasteiger charge is 2.27. The van der Waals surface area contributed by atoms with E-state index in [4.69, 9.17) is 0 Å². The Hall–Kier alpha value is -3.58. The van der Waals surface area contributed by atoms with E-state index >= 15 is 0 Å². The number of fused-ring (bicyclic) bond motifs is 11. The largest absolute Gasteiger partial charge is 0.340 e. The van der Waals surface area contributed by atoms with Crippen molar-refractivity contribution in [3.63, 3.8) is 0 Å². The molecule has 0 radical (unpaired) electrons. The summed E-state index contributed by atoms with van der Waals surface area (Å²) in [6.45, 7) is 3.23. The Labute approximate surface area is 175 Å². The molecule has 0 saturated carbocycles. The van der Waals surface area contributed by atoms with Crippen molar-refractivity contribution in [3.05, 3.63) is 96.1 Å². The van der Waals surface area contributed by atoms with Crippen molar-refractivity contribution in [3.8, 4) is 11.1 Å². The summed E-state index contributed by atoms with van der Waals surface area (Å²) in [6.07, 6.45) is 1.02. The summed E-state index contributed by atoms with van der Waals surface area (Å²) >= 11 is 0. The second-order valence-electron chi connectivity index (χ2n) is 8.42. The van der Waals surface area contributed by atoms with Crippen LogP contribution in [0.4, 0.5) is 0 Å². The van der Waals surface area contributed by atoms with Crippen LogP contribution >= 0.6 is 0 Å². The predicted octanol–water partition coefficient (Wildman–Crippen LogP) is 7.69. The van der Waals surface area contributed by atoms with Gasteiger partial charge in [-0.05, 0) is 63.9 Å². The molecule has 0 aliphatic heterocycles. The Kier molecular flexibility index (Phi) is 3.10. The summed E-state index contributed by atoms with van der Waals surface area (Å²) in [5.74, 6) is 0. The van der Waals surface area contributed by atoms with E-state index in [2.05, 4.69) is 96.4 Å². The van der Waals surface area contributed by atoms with E-state index in [1.165, 1.54) is 65.6 Å². The van der Waals surface area contributed by atoms with Gasteiger partial charge in [-0.25, -0.2) is 0 Å². The molecule has 1 aliphatic carbocycles. The molecule has 0 amide bonds. The first-order valence-corrected chi connectivity index (χ1v) is 10.8. The molecule has 1 aliphatic rings. The highest BCUT2D eigenvalue weighted by molar-refractivity contribution is 6.27. The van der Waals surface area contributed by atoms with Crippen molar-refractivity contribution in [1.29, 1.82) is 0 Å². The quantitative estimate of drug-likeness (QED) is 0.274. The Morgan fingerprint density at radius 3 is 2.27 bits per heavy atom. The summed E-state index contributed by atoms with van der Waals surface area (Å²) in [7, 11) is 0. The number of hydrogen-bond acceptors (Lipinski definition) is 0. The maximum Gasteiger partial charge on any atom is 0.0577 e. The van der Waals surface area contributed by atoms with Gasteiger partial charge in [-0.2, -0.15) is 0 Å². The smallest absolute Gasteiger partial charge is 0.0577 e. The van der Waals surface area contributed by atoms with E-state index in [1.807, 2.05) is 0 Å². The molecule has 0 atom stereocenters. The topological polar surface area (TPSA) is 4.93 Å². The fraction of sp³-hybridized carbons (Fsp3) is 0.103. The van der Waals surface area contributed by atoms with Crippen molar-refractivity contribution in [2.24, 2.45) is 0 Å². The van der Waals surface area contributed by atoms with Gasteiger partial charge in [0.1, 0.15) is 0 Å². The Balaban J connectivity index is 1.82. The fourth-order valence-electron chi connectivity index (χ4n) is 5.72. The molecule has 30 heavy (non-hydrogen) atoms. The van der Waals surface area contributed by atoms with Gasteiger partial charge in [0.2, 0.25) is 0 Å². The molecular weight excluding hydrogens is 362 g/mol. The third-order valence-electron chi connectivity index (χ3n) is 6.96. The van der Waals surface area contributed by atoms with Gasteiger partial charge in [-0.1, -0.05) is 72.8 Å². The second-order valence-corrected chi connectivity index (χ2v) is 8.42. The van der Waals surface area contributed by atoms with Crippen LogP contribution in [0.15, 0.2) is 84.9 Å². The third-order valence-corrected chi connectivity index (χ3v) is 6.96. The Bertz CT molecular complexity index is 1650. The first-order chi connectivity index (χ1) is 14.8. The number of nitrogens with zero attached hydrogens (tertiary/aromatic N) is 1. The monoisotopic (exact) mass is 383 g/mol. The summed E-state index contributed by atoms with van der Waals surface area (Å²) in [6, 6.07) is 31.5. The highest BCUT2D eigenvalue weighted by atomic mass is 15.0. The minimum atomic E-state index is 0.961. The summed E-state index contributed by atoms with van der Waals surface area (Å²) in [4.78, 5) is 0. The van der Waals surface area contributed by atoms with Crippen LogP contribution < -0.4 is 0 Å². The standard InChI is InChI=1S/C29H21N/c1-2-30-26-17-19-10-4-3-9-18(19)15-25(26)28-27-21-12-6-5-11-20(21)16-24(27)22-13-7-8-14-23(22)29(28)30/h3-15,17H,2,16H2,1H3. The van der Waals surface area contributed by atoms with Gasteiger partial charge in [0.15, 0.2) is 0 Å². The zero-order chi connectivity index (χ0) is 19.8. The van der Waals surface area contributed by atoms with Gasteiger partial charge in [0.05, 0.1) is 5.52 Å². The van der Waals surface area contributed by atoms with Crippen LogP contribution in [-0.4, -0.2) is 4.57 Å².